The summed E-state index contributed by atoms with van der Waals surface area (Å²) in [6.45, 7) is 7.93. The first-order valence-corrected chi connectivity index (χ1v) is 5.62. The molecule has 0 aromatic carbocycles. The van der Waals surface area contributed by atoms with Crippen LogP contribution in [0.25, 0.3) is 0 Å². The van der Waals surface area contributed by atoms with Gasteiger partial charge in [0.25, 0.3) is 0 Å². The van der Waals surface area contributed by atoms with Gasteiger partial charge in [-0.05, 0) is 33.3 Å². The third-order valence-corrected chi connectivity index (χ3v) is 2.11. The van der Waals surface area contributed by atoms with Gasteiger partial charge >= 0.3 is 0 Å². The minimum absolute atomic E-state index is 0.0497. The van der Waals surface area contributed by atoms with E-state index < -0.39 is 0 Å². The second kappa shape index (κ2) is 5.58. The number of aromatic nitrogens is 1. The molecule has 0 aliphatic rings. The van der Waals surface area contributed by atoms with Crippen LogP contribution in [0.4, 0.5) is 5.69 Å². The van der Waals surface area contributed by atoms with Gasteiger partial charge in [0, 0.05) is 6.07 Å². The van der Waals surface area contributed by atoms with Crippen molar-refractivity contribution in [2.45, 2.75) is 46.3 Å². The van der Waals surface area contributed by atoms with Gasteiger partial charge in [0.2, 0.25) is 11.8 Å². The number of ether oxygens (including phenoxy) is 2. The Morgan fingerprint density at radius 2 is 1.94 bits per heavy atom. The molecule has 0 saturated heterocycles. The molecular formula is C12H20N2O2. The zero-order chi connectivity index (χ0) is 12.1. The van der Waals surface area contributed by atoms with Crippen LogP contribution in [0.2, 0.25) is 0 Å². The summed E-state index contributed by atoms with van der Waals surface area (Å²) in [4.78, 5) is 4.23. The molecule has 0 aliphatic heterocycles. The maximum Gasteiger partial charge on any atom is 0.240 e. The van der Waals surface area contributed by atoms with Crippen LogP contribution in [0.3, 0.4) is 0 Å². The minimum atomic E-state index is 0.0497. The summed E-state index contributed by atoms with van der Waals surface area (Å²) >= 11 is 0. The van der Waals surface area contributed by atoms with Gasteiger partial charge in [-0.3, -0.25) is 0 Å². The van der Waals surface area contributed by atoms with E-state index in [2.05, 4.69) is 11.9 Å². The van der Waals surface area contributed by atoms with Gasteiger partial charge in [-0.1, -0.05) is 6.92 Å². The van der Waals surface area contributed by atoms with Crippen molar-refractivity contribution < 1.29 is 9.47 Å². The fourth-order valence-corrected chi connectivity index (χ4v) is 1.11. The van der Waals surface area contributed by atoms with Crippen molar-refractivity contribution in [1.29, 1.82) is 0 Å². The molecule has 1 aromatic heterocycles. The van der Waals surface area contributed by atoms with E-state index >= 15 is 0 Å². The molecule has 0 amide bonds. The van der Waals surface area contributed by atoms with Crippen molar-refractivity contribution in [2.24, 2.45) is 0 Å². The molecule has 90 valence electrons. The Labute approximate surface area is 96.8 Å². The number of pyridine rings is 1. The zero-order valence-electron chi connectivity index (χ0n) is 10.4. The molecule has 0 aliphatic carbocycles. The van der Waals surface area contributed by atoms with Crippen LogP contribution in [-0.2, 0) is 0 Å². The molecule has 0 saturated carbocycles. The zero-order valence-corrected chi connectivity index (χ0v) is 10.4. The SMILES string of the molecule is CCC(C)Oc1ccc(N)c(OC(C)C)n1. The first kappa shape index (κ1) is 12.6. The predicted octanol–water partition coefficient (Wildman–Crippen LogP) is 2.63. The molecule has 0 radical (unpaired) electrons. The van der Waals surface area contributed by atoms with E-state index in [1.165, 1.54) is 0 Å². The molecule has 4 heteroatoms. The van der Waals surface area contributed by atoms with E-state index in [1.54, 1.807) is 12.1 Å². The fraction of sp³-hybridized carbons (Fsp3) is 0.583. The van der Waals surface area contributed by atoms with Crippen molar-refractivity contribution in [3.05, 3.63) is 12.1 Å². The summed E-state index contributed by atoms with van der Waals surface area (Å²) in [5.41, 5.74) is 6.29. The van der Waals surface area contributed by atoms with E-state index in [-0.39, 0.29) is 12.2 Å². The number of nitrogens with two attached hydrogens (primary N) is 1. The van der Waals surface area contributed by atoms with E-state index in [4.69, 9.17) is 15.2 Å². The highest BCUT2D eigenvalue weighted by atomic mass is 16.5. The van der Waals surface area contributed by atoms with E-state index in [0.717, 1.165) is 6.42 Å². The lowest BCUT2D eigenvalue weighted by molar-refractivity contribution is 0.197. The lowest BCUT2D eigenvalue weighted by Crippen LogP contribution is -2.13. The van der Waals surface area contributed by atoms with Crippen LogP contribution in [0, 0.1) is 0 Å². The first-order chi connectivity index (χ1) is 7.52. The largest absolute Gasteiger partial charge is 0.475 e. The Bertz CT molecular complexity index is 340. The second-order valence-electron chi connectivity index (χ2n) is 4.05. The molecular weight excluding hydrogens is 204 g/mol. The molecule has 1 heterocycles. The van der Waals surface area contributed by atoms with Crippen molar-refractivity contribution >= 4 is 5.69 Å². The quantitative estimate of drug-likeness (QED) is 0.835. The smallest absolute Gasteiger partial charge is 0.240 e. The Morgan fingerprint density at radius 3 is 2.50 bits per heavy atom. The summed E-state index contributed by atoms with van der Waals surface area (Å²) in [7, 11) is 0. The summed E-state index contributed by atoms with van der Waals surface area (Å²) in [5.74, 6) is 0.995. The summed E-state index contributed by atoms with van der Waals surface area (Å²) in [5, 5.41) is 0. The summed E-state index contributed by atoms with van der Waals surface area (Å²) < 4.78 is 11.1. The summed E-state index contributed by atoms with van der Waals surface area (Å²) in [6, 6.07) is 3.51. The Balaban J connectivity index is 2.80. The Hall–Kier alpha value is -1.45. The minimum Gasteiger partial charge on any atom is -0.475 e. The molecule has 1 atom stereocenters. The van der Waals surface area contributed by atoms with Crippen LogP contribution in [0.5, 0.6) is 11.8 Å². The second-order valence-corrected chi connectivity index (χ2v) is 4.05. The van der Waals surface area contributed by atoms with Gasteiger partial charge in [-0.2, -0.15) is 4.98 Å². The van der Waals surface area contributed by atoms with Crippen LogP contribution in [0.1, 0.15) is 34.1 Å². The number of hydrogen-bond acceptors (Lipinski definition) is 4. The Morgan fingerprint density at radius 1 is 1.25 bits per heavy atom. The van der Waals surface area contributed by atoms with E-state index in [1.807, 2.05) is 20.8 Å². The van der Waals surface area contributed by atoms with Crippen molar-refractivity contribution in [1.82, 2.24) is 4.98 Å². The van der Waals surface area contributed by atoms with Crippen LogP contribution >= 0.6 is 0 Å². The molecule has 1 unspecified atom stereocenters. The first-order valence-electron chi connectivity index (χ1n) is 5.62. The molecule has 16 heavy (non-hydrogen) atoms. The third-order valence-electron chi connectivity index (χ3n) is 2.11. The molecule has 2 N–H and O–H groups in total. The van der Waals surface area contributed by atoms with Gasteiger partial charge < -0.3 is 15.2 Å². The standard InChI is InChI=1S/C12H20N2O2/c1-5-9(4)16-11-7-6-10(13)12(14-11)15-8(2)3/h6-9H,5,13H2,1-4H3. The summed E-state index contributed by atoms with van der Waals surface area (Å²) in [6.07, 6.45) is 1.13. The van der Waals surface area contributed by atoms with Crippen molar-refractivity contribution in [3.63, 3.8) is 0 Å². The van der Waals surface area contributed by atoms with Crippen molar-refractivity contribution in [3.8, 4) is 11.8 Å². The monoisotopic (exact) mass is 224 g/mol. The van der Waals surface area contributed by atoms with Crippen molar-refractivity contribution in [2.75, 3.05) is 5.73 Å². The topological polar surface area (TPSA) is 57.4 Å². The number of nitrogen functional groups attached to an aromatic ring is 1. The molecule has 4 nitrogen and oxygen atoms in total. The maximum absolute atomic E-state index is 5.76. The highest BCUT2D eigenvalue weighted by Gasteiger charge is 2.08. The number of hydrogen-bond donors (Lipinski definition) is 1. The van der Waals surface area contributed by atoms with Gasteiger partial charge in [-0.15, -0.1) is 0 Å². The number of rotatable bonds is 5. The van der Waals surface area contributed by atoms with Gasteiger partial charge in [0.1, 0.15) is 0 Å². The Kier molecular flexibility index (Phi) is 4.40. The van der Waals surface area contributed by atoms with E-state index in [0.29, 0.717) is 17.4 Å². The van der Waals surface area contributed by atoms with Crippen LogP contribution in [-0.4, -0.2) is 17.2 Å². The highest BCUT2D eigenvalue weighted by molar-refractivity contribution is 5.49. The molecule has 0 fully saturated rings. The maximum atomic E-state index is 5.76. The number of nitrogens with zero attached hydrogens (tertiary/aromatic N) is 1. The normalized spacial score (nSPS) is 12.6. The average Bonchev–Trinajstić information content (AvgIpc) is 2.22. The average molecular weight is 224 g/mol. The third kappa shape index (κ3) is 3.61. The number of anilines is 1. The fourth-order valence-electron chi connectivity index (χ4n) is 1.11. The molecule has 0 spiro atoms. The molecule has 0 bridgehead atoms. The van der Waals surface area contributed by atoms with Crippen LogP contribution < -0.4 is 15.2 Å². The molecule has 1 aromatic rings. The lowest BCUT2D eigenvalue weighted by Gasteiger charge is -2.15. The van der Waals surface area contributed by atoms with E-state index in [9.17, 15) is 0 Å². The van der Waals surface area contributed by atoms with Gasteiger partial charge in [-0.25, -0.2) is 0 Å². The van der Waals surface area contributed by atoms with Gasteiger partial charge in [0.15, 0.2) is 0 Å². The molecule has 1 rings (SSSR count). The van der Waals surface area contributed by atoms with Crippen LogP contribution in [0.15, 0.2) is 12.1 Å². The van der Waals surface area contributed by atoms with Gasteiger partial charge in [0.05, 0.1) is 17.9 Å². The highest BCUT2D eigenvalue weighted by Crippen LogP contribution is 2.23. The lowest BCUT2D eigenvalue weighted by atomic mass is 10.3. The predicted molar refractivity (Wildman–Crippen MR) is 64.8 cm³/mol.